The van der Waals surface area contributed by atoms with Crippen LogP contribution in [0.4, 0.5) is 5.69 Å². The Kier molecular flexibility index (Phi) is 3.58. The molecule has 0 aliphatic carbocycles. The Balaban J connectivity index is 1.76. The van der Waals surface area contributed by atoms with Gasteiger partial charge in [-0.2, -0.15) is 0 Å². The highest BCUT2D eigenvalue weighted by Gasteiger charge is 2.37. The van der Waals surface area contributed by atoms with Crippen molar-refractivity contribution in [3.63, 3.8) is 0 Å². The molecule has 0 spiro atoms. The molecule has 2 amide bonds. The van der Waals surface area contributed by atoms with E-state index in [4.69, 9.17) is 0 Å². The van der Waals surface area contributed by atoms with E-state index in [9.17, 15) is 24.5 Å². The van der Waals surface area contributed by atoms with E-state index in [-0.39, 0.29) is 34.7 Å². The van der Waals surface area contributed by atoms with E-state index in [1.807, 2.05) is 0 Å². The van der Waals surface area contributed by atoms with E-state index >= 15 is 0 Å². The quantitative estimate of drug-likeness (QED) is 0.396. The van der Waals surface area contributed by atoms with Crippen molar-refractivity contribution >= 4 is 28.4 Å². The molecule has 1 aromatic heterocycles. The van der Waals surface area contributed by atoms with Crippen molar-refractivity contribution in [1.29, 1.82) is 0 Å². The van der Waals surface area contributed by atoms with Gasteiger partial charge in [-0.15, -0.1) is 0 Å². The SMILES string of the molecule is Cn1c(CN2C(=O)c3ccc([N+](=O)[O-])cc3C2=O)nc2ccccc2c1=O. The second kappa shape index (κ2) is 5.84. The van der Waals surface area contributed by atoms with Crippen molar-refractivity contribution in [3.05, 3.63) is 79.9 Å². The number of nitro groups is 1. The lowest BCUT2D eigenvalue weighted by atomic mass is 10.1. The minimum absolute atomic E-state index is 0.0278. The van der Waals surface area contributed by atoms with Gasteiger partial charge in [0, 0.05) is 19.2 Å². The first-order valence-corrected chi connectivity index (χ1v) is 7.98. The zero-order valence-electron chi connectivity index (χ0n) is 14.1. The topological polar surface area (TPSA) is 115 Å². The number of non-ortho nitro benzene ring substituents is 1. The van der Waals surface area contributed by atoms with Crippen LogP contribution in [0.25, 0.3) is 10.9 Å². The van der Waals surface area contributed by atoms with Crippen molar-refractivity contribution in [3.8, 4) is 0 Å². The monoisotopic (exact) mass is 364 g/mol. The number of fused-ring (bicyclic) bond motifs is 2. The lowest BCUT2D eigenvalue weighted by Crippen LogP contribution is -2.33. The molecule has 0 atom stereocenters. The molecule has 134 valence electrons. The second-order valence-electron chi connectivity index (χ2n) is 6.09. The Morgan fingerprint density at radius 3 is 2.48 bits per heavy atom. The normalized spacial score (nSPS) is 13.3. The fourth-order valence-electron chi connectivity index (χ4n) is 3.08. The average molecular weight is 364 g/mol. The van der Waals surface area contributed by atoms with Crippen LogP contribution in [0.15, 0.2) is 47.3 Å². The lowest BCUT2D eigenvalue weighted by molar-refractivity contribution is -0.384. The summed E-state index contributed by atoms with van der Waals surface area (Å²) in [6.45, 7) is -0.212. The molecule has 2 aromatic carbocycles. The Bertz CT molecular complexity index is 1210. The van der Waals surface area contributed by atoms with Gasteiger partial charge >= 0.3 is 0 Å². The third kappa shape index (κ3) is 2.48. The Morgan fingerprint density at radius 1 is 1.04 bits per heavy atom. The standard InChI is InChI=1S/C18H12N4O5/c1-20-15(19-14-5-3-2-4-12(14)16(20)23)9-21-17(24)11-7-6-10(22(26)27)8-13(11)18(21)25/h2-8H,9H2,1H3. The summed E-state index contributed by atoms with van der Waals surface area (Å²) in [5.41, 5.74) is -0.0324. The Morgan fingerprint density at radius 2 is 1.74 bits per heavy atom. The number of amides is 2. The molecule has 0 saturated heterocycles. The molecule has 9 heteroatoms. The molecule has 2 heterocycles. The third-order valence-electron chi connectivity index (χ3n) is 4.54. The molecule has 4 rings (SSSR count). The van der Waals surface area contributed by atoms with Gasteiger partial charge in [-0.25, -0.2) is 4.98 Å². The highest BCUT2D eigenvalue weighted by Crippen LogP contribution is 2.27. The van der Waals surface area contributed by atoms with Crippen LogP contribution in [0.5, 0.6) is 0 Å². The zero-order valence-corrected chi connectivity index (χ0v) is 14.1. The van der Waals surface area contributed by atoms with Crippen LogP contribution < -0.4 is 5.56 Å². The summed E-state index contributed by atoms with van der Waals surface area (Å²) >= 11 is 0. The van der Waals surface area contributed by atoms with Crippen molar-refractivity contribution in [2.24, 2.45) is 7.05 Å². The molecule has 0 unspecified atom stereocenters. The summed E-state index contributed by atoms with van der Waals surface area (Å²) in [5, 5.41) is 11.3. The third-order valence-corrected chi connectivity index (χ3v) is 4.54. The number of nitrogens with zero attached hydrogens (tertiary/aromatic N) is 4. The van der Waals surface area contributed by atoms with E-state index in [1.54, 1.807) is 24.3 Å². The molecular weight excluding hydrogens is 352 g/mol. The number of hydrogen-bond acceptors (Lipinski definition) is 6. The van der Waals surface area contributed by atoms with Gasteiger partial charge in [-0.05, 0) is 18.2 Å². The summed E-state index contributed by atoms with van der Waals surface area (Å²) in [4.78, 5) is 53.3. The van der Waals surface area contributed by atoms with E-state index in [0.717, 1.165) is 11.0 Å². The predicted octanol–water partition coefficient (Wildman–Crippen LogP) is 1.64. The van der Waals surface area contributed by atoms with E-state index < -0.39 is 16.7 Å². The first-order valence-electron chi connectivity index (χ1n) is 7.98. The molecule has 0 fully saturated rings. The van der Waals surface area contributed by atoms with Gasteiger partial charge in [-0.1, -0.05) is 12.1 Å². The summed E-state index contributed by atoms with van der Waals surface area (Å²) < 4.78 is 1.29. The van der Waals surface area contributed by atoms with E-state index in [2.05, 4.69) is 4.98 Å². The number of rotatable bonds is 3. The molecule has 0 saturated carbocycles. The molecule has 0 radical (unpaired) electrons. The second-order valence-corrected chi connectivity index (χ2v) is 6.09. The predicted molar refractivity (Wildman–Crippen MR) is 94.3 cm³/mol. The minimum Gasteiger partial charge on any atom is -0.298 e. The molecule has 0 bridgehead atoms. The Hall–Kier alpha value is -3.88. The highest BCUT2D eigenvalue weighted by molar-refractivity contribution is 6.21. The van der Waals surface area contributed by atoms with Crippen LogP contribution in [0.3, 0.4) is 0 Å². The lowest BCUT2D eigenvalue weighted by Gasteiger charge is -2.16. The van der Waals surface area contributed by atoms with Crippen LogP contribution in [0.1, 0.15) is 26.5 Å². The van der Waals surface area contributed by atoms with Gasteiger partial charge in [-0.3, -0.25) is 34.0 Å². The highest BCUT2D eigenvalue weighted by atomic mass is 16.6. The van der Waals surface area contributed by atoms with Crippen LogP contribution in [-0.4, -0.2) is 31.2 Å². The van der Waals surface area contributed by atoms with Crippen LogP contribution in [0.2, 0.25) is 0 Å². The van der Waals surface area contributed by atoms with Crippen molar-refractivity contribution in [2.75, 3.05) is 0 Å². The van der Waals surface area contributed by atoms with Crippen molar-refractivity contribution in [2.45, 2.75) is 6.54 Å². The van der Waals surface area contributed by atoms with Gasteiger partial charge in [0.25, 0.3) is 23.1 Å². The number of benzene rings is 2. The summed E-state index contributed by atoms with van der Waals surface area (Å²) in [6.07, 6.45) is 0. The number of aromatic nitrogens is 2. The molecule has 3 aromatic rings. The fraction of sp³-hybridized carbons (Fsp3) is 0.111. The number of hydrogen-bond donors (Lipinski definition) is 0. The molecule has 27 heavy (non-hydrogen) atoms. The van der Waals surface area contributed by atoms with Gasteiger partial charge in [0.05, 0.1) is 33.5 Å². The van der Waals surface area contributed by atoms with Gasteiger partial charge in [0.1, 0.15) is 5.82 Å². The maximum absolute atomic E-state index is 12.6. The average Bonchev–Trinajstić information content (AvgIpc) is 2.90. The van der Waals surface area contributed by atoms with Crippen LogP contribution in [-0.2, 0) is 13.6 Å². The first kappa shape index (κ1) is 16.6. The number of para-hydroxylation sites is 1. The minimum atomic E-state index is -0.652. The number of imide groups is 1. The summed E-state index contributed by atoms with van der Waals surface area (Å²) in [6, 6.07) is 10.3. The van der Waals surface area contributed by atoms with Gasteiger partial charge in [0.15, 0.2) is 0 Å². The Labute approximate surface area is 151 Å². The molecule has 1 aliphatic rings. The summed E-state index contributed by atoms with van der Waals surface area (Å²) in [7, 11) is 1.51. The van der Waals surface area contributed by atoms with E-state index in [1.165, 1.54) is 23.7 Å². The van der Waals surface area contributed by atoms with Gasteiger partial charge in [0.2, 0.25) is 0 Å². The van der Waals surface area contributed by atoms with Crippen LogP contribution >= 0.6 is 0 Å². The fourth-order valence-corrected chi connectivity index (χ4v) is 3.08. The maximum Gasteiger partial charge on any atom is 0.270 e. The molecular formula is C18H12N4O5. The first-order chi connectivity index (χ1) is 12.9. The van der Waals surface area contributed by atoms with Crippen molar-refractivity contribution < 1.29 is 14.5 Å². The van der Waals surface area contributed by atoms with Crippen molar-refractivity contribution in [1.82, 2.24) is 14.5 Å². The number of carbonyl (C=O) groups excluding carboxylic acids is 2. The molecule has 9 nitrogen and oxygen atoms in total. The molecule has 1 aliphatic heterocycles. The van der Waals surface area contributed by atoms with E-state index in [0.29, 0.717) is 10.9 Å². The maximum atomic E-state index is 12.6. The smallest absolute Gasteiger partial charge is 0.270 e. The summed E-state index contributed by atoms with van der Waals surface area (Å²) in [5.74, 6) is -0.990. The van der Waals surface area contributed by atoms with Crippen LogP contribution in [0, 0.1) is 10.1 Å². The number of carbonyl (C=O) groups is 2. The largest absolute Gasteiger partial charge is 0.298 e. The molecule has 0 N–H and O–H groups in total. The zero-order chi connectivity index (χ0) is 19.3. The number of nitro benzene ring substituents is 1. The van der Waals surface area contributed by atoms with Gasteiger partial charge < -0.3 is 0 Å².